The van der Waals surface area contributed by atoms with Gasteiger partial charge in [0.15, 0.2) is 0 Å². The van der Waals surface area contributed by atoms with E-state index in [4.69, 9.17) is 9.72 Å². The number of halogens is 1. The topological polar surface area (TPSA) is 84.3 Å². The van der Waals surface area contributed by atoms with Crippen molar-refractivity contribution in [2.24, 2.45) is 7.05 Å². The van der Waals surface area contributed by atoms with Gasteiger partial charge in [0, 0.05) is 51.5 Å². The van der Waals surface area contributed by atoms with E-state index in [0.717, 1.165) is 52.4 Å². The van der Waals surface area contributed by atoms with Gasteiger partial charge in [-0.1, -0.05) is 0 Å². The Morgan fingerprint density at radius 3 is 2.49 bits per heavy atom. The van der Waals surface area contributed by atoms with Crippen molar-refractivity contribution in [3.8, 4) is 34.1 Å². The first kappa shape index (κ1) is 21.6. The highest BCUT2D eigenvalue weighted by molar-refractivity contribution is 14.1. The van der Waals surface area contributed by atoms with Crippen LogP contribution in [0.25, 0.3) is 27.8 Å². The summed E-state index contributed by atoms with van der Waals surface area (Å²) in [6, 6.07) is 16.5. The van der Waals surface area contributed by atoms with Crippen molar-refractivity contribution in [2.75, 3.05) is 18.0 Å². The van der Waals surface area contributed by atoms with Crippen LogP contribution in [0.4, 0.5) is 5.82 Å². The van der Waals surface area contributed by atoms with Crippen molar-refractivity contribution >= 4 is 33.9 Å². The van der Waals surface area contributed by atoms with Crippen LogP contribution in [-0.2, 0) is 7.05 Å². The Hall–Kier alpha value is -3.91. The number of benzene rings is 1. The molecule has 1 aliphatic rings. The van der Waals surface area contributed by atoms with E-state index in [1.165, 1.54) is 3.57 Å². The van der Waals surface area contributed by atoms with Gasteiger partial charge in [0.1, 0.15) is 23.7 Å². The number of aromatic nitrogens is 5. The molecule has 8 nitrogen and oxygen atoms in total. The first-order valence-corrected chi connectivity index (χ1v) is 12.2. The molecule has 5 heterocycles. The van der Waals surface area contributed by atoms with E-state index >= 15 is 0 Å². The second-order valence-corrected chi connectivity index (χ2v) is 9.76. The fourth-order valence-corrected chi connectivity index (χ4v) is 4.65. The van der Waals surface area contributed by atoms with E-state index in [9.17, 15) is 5.26 Å². The number of ether oxygens (including phenoxy) is 1. The lowest BCUT2D eigenvalue weighted by molar-refractivity contribution is 0.167. The Morgan fingerprint density at radius 2 is 1.80 bits per heavy atom. The number of nitriles is 1. The fourth-order valence-electron chi connectivity index (χ4n) is 4.29. The molecule has 35 heavy (non-hydrogen) atoms. The SMILES string of the molecule is Cn1cc(-c2cc(-c3ccc(N4CC(Oc5ccc(I)cc5)C4)nc3)c3c(C#N)cnn3c2)cn1. The van der Waals surface area contributed by atoms with Gasteiger partial charge in [-0.2, -0.15) is 15.5 Å². The minimum Gasteiger partial charge on any atom is -0.487 e. The van der Waals surface area contributed by atoms with Gasteiger partial charge in [-0.3, -0.25) is 4.68 Å². The molecule has 0 atom stereocenters. The Balaban J connectivity index is 1.26. The zero-order chi connectivity index (χ0) is 23.9. The monoisotopic (exact) mass is 573 g/mol. The summed E-state index contributed by atoms with van der Waals surface area (Å²) in [5.41, 5.74) is 5.08. The standard InChI is InChI=1S/C26H20IN7O/c1-32-13-20(12-30-32)18-8-24(26-19(9-28)11-31-34(26)14-18)17-2-7-25(29-10-17)33-15-23(16-33)35-22-5-3-21(27)4-6-22/h2-8,10-14,23H,15-16H2,1H3. The third-order valence-electron chi connectivity index (χ3n) is 6.12. The highest BCUT2D eigenvalue weighted by Gasteiger charge is 2.29. The summed E-state index contributed by atoms with van der Waals surface area (Å²) in [6.45, 7) is 1.58. The smallest absolute Gasteiger partial charge is 0.134 e. The lowest BCUT2D eigenvalue weighted by Crippen LogP contribution is -2.54. The van der Waals surface area contributed by atoms with Gasteiger partial charge < -0.3 is 9.64 Å². The van der Waals surface area contributed by atoms with E-state index in [1.807, 2.05) is 68.2 Å². The lowest BCUT2D eigenvalue weighted by atomic mass is 10.0. The van der Waals surface area contributed by atoms with Gasteiger partial charge in [-0.25, -0.2) is 9.50 Å². The summed E-state index contributed by atoms with van der Waals surface area (Å²) in [4.78, 5) is 6.92. The first-order valence-electron chi connectivity index (χ1n) is 11.1. The van der Waals surface area contributed by atoms with Crippen LogP contribution in [0.2, 0.25) is 0 Å². The summed E-state index contributed by atoms with van der Waals surface area (Å²) in [7, 11) is 1.89. The zero-order valence-electron chi connectivity index (χ0n) is 18.8. The quantitative estimate of drug-likeness (QED) is 0.287. The fraction of sp³-hybridized carbons (Fsp3) is 0.154. The van der Waals surface area contributed by atoms with Crippen LogP contribution in [0.3, 0.4) is 0 Å². The Kier molecular flexibility index (Phi) is 5.37. The maximum Gasteiger partial charge on any atom is 0.134 e. The molecule has 0 N–H and O–H groups in total. The molecular formula is C26H20IN7O. The number of fused-ring (bicyclic) bond motifs is 1. The Labute approximate surface area is 215 Å². The Morgan fingerprint density at radius 1 is 0.971 bits per heavy atom. The maximum absolute atomic E-state index is 9.63. The number of anilines is 1. The molecule has 0 saturated carbocycles. The molecule has 1 aromatic carbocycles. The number of hydrogen-bond donors (Lipinski definition) is 0. The van der Waals surface area contributed by atoms with Gasteiger partial charge in [0.2, 0.25) is 0 Å². The summed E-state index contributed by atoms with van der Waals surface area (Å²) in [6.07, 6.45) is 9.31. The molecule has 6 rings (SSSR count). The van der Waals surface area contributed by atoms with Crippen LogP contribution in [0.5, 0.6) is 5.75 Å². The summed E-state index contributed by atoms with van der Waals surface area (Å²) < 4.78 is 10.8. The predicted molar refractivity (Wildman–Crippen MR) is 141 cm³/mol. The number of rotatable bonds is 5. The van der Waals surface area contributed by atoms with Crippen LogP contribution >= 0.6 is 22.6 Å². The van der Waals surface area contributed by atoms with E-state index in [2.05, 4.69) is 49.8 Å². The first-order chi connectivity index (χ1) is 17.1. The molecule has 0 aliphatic carbocycles. The van der Waals surface area contributed by atoms with Crippen molar-refractivity contribution < 1.29 is 4.74 Å². The molecule has 0 unspecified atom stereocenters. The molecule has 1 saturated heterocycles. The minimum absolute atomic E-state index is 0.150. The zero-order valence-corrected chi connectivity index (χ0v) is 21.0. The van der Waals surface area contributed by atoms with E-state index < -0.39 is 0 Å². The van der Waals surface area contributed by atoms with Gasteiger partial charge in [-0.05, 0) is 65.1 Å². The van der Waals surface area contributed by atoms with Crippen molar-refractivity contribution in [1.82, 2.24) is 24.4 Å². The molecule has 4 aromatic heterocycles. The molecule has 0 amide bonds. The molecule has 0 spiro atoms. The second-order valence-electron chi connectivity index (χ2n) is 8.51. The summed E-state index contributed by atoms with van der Waals surface area (Å²) in [5, 5.41) is 18.3. The molecule has 5 aromatic rings. The Bertz CT molecular complexity index is 1560. The lowest BCUT2D eigenvalue weighted by Gasteiger charge is -2.39. The van der Waals surface area contributed by atoms with Crippen LogP contribution in [0, 0.1) is 14.9 Å². The highest BCUT2D eigenvalue weighted by Crippen LogP contribution is 2.33. The largest absolute Gasteiger partial charge is 0.487 e. The third-order valence-corrected chi connectivity index (χ3v) is 6.84. The maximum atomic E-state index is 9.63. The molecule has 172 valence electrons. The minimum atomic E-state index is 0.150. The van der Waals surface area contributed by atoms with Gasteiger partial charge in [0.05, 0.1) is 36.6 Å². The normalized spacial score (nSPS) is 13.6. The second kappa shape index (κ2) is 8.70. The van der Waals surface area contributed by atoms with E-state index in [1.54, 1.807) is 15.4 Å². The van der Waals surface area contributed by atoms with E-state index in [0.29, 0.717) is 5.56 Å². The van der Waals surface area contributed by atoms with Gasteiger partial charge in [-0.15, -0.1) is 0 Å². The molecule has 0 bridgehead atoms. The molecule has 0 radical (unpaired) electrons. The van der Waals surface area contributed by atoms with Gasteiger partial charge >= 0.3 is 0 Å². The third kappa shape index (κ3) is 4.10. The van der Waals surface area contributed by atoms with Crippen molar-refractivity contribution in [3.63, 3.8) is 0 Å². The number of aryl methyl sites for hydroxylation is 1. The number of hydrogen-bond acceptors (Lipinski definition) is 6. The van der Waals surface area contributed by atoms with Crippen LogP contribution < -0.4 is 9.64 Å². The van der Waals surface area contributed by atoms with Crippen LogP contribution in [0.1, 0.15) is 5.56 Å². The molecule has 9 heteroatoms. The molecular weight excluding hydrogens is 553 g/mol. The average molecular weight is 573 g/mol. The predicted octanol–water partition coefficient (Wildman–Crippen LogP) is 4.54. The van der Waals surface area contributed by atoms with Crippen LogP contribution in [0.15, 0.2) is 73.4 Å². The highest BCUT2D eigenvalue weighted by atomic mass is 127. The summed E-state index contributed by atoms with van der Waals surface area (Å²) in [5.74, 6) is 1.80. The molecule has 1 fully saturated rings. The van der Waals surface area contributed by atoms with Crippen molar-refractivity contribution in [2.45, 2.75) is 6.10 Å². The van der Waals surface area contributed by atoms with Crippen LogP contribution in [-0.4, -0.2) is 43.6 Å². The molecule has 1 aliphatic heterocycles. The van der Waals surface area contributed by atoms with E-state index in [-0.39, 0.29) is 6.10 Å². The number of nitrogens with zero attached hydrogens (tertiary/aromatic N) is 7. The summed E-state index contributed by atoms with van der Waals surface area (Å²) >= 11 is 2.29. The van der Waals surface area contributed by atoms with Gasteiger partial charge in [0.25, 0.3) is 0 Å². The van der Waals surface area contributed by atoms with Crippen molar-refractivity contribution in [1.29, 1.82) is 5.26 Å². The number of pyridine rings is 2. The average Bonchev–Trinajstić information content (AvgIpc) is 3.48. The van der Waals surface area contributed by atoms with Crippen molar-refractivity contribution in [3.05, 3.63) is 82.6 Å².